The fourth-order valence-corrected chi connectivity index (χ4v) is 4.17. The number of nitrogens with zero attached hydrogens (tertiary/aromatic N) is 1. The Morgan fingerprint density at radius 3 is 2.07 bits per heavy atom. The minimum atomic E-state index is -0.317. The number of methoxy groups -OCH3 is 1. The van der Waals surface area contributed by atoms with Gasteiger partial charge in [-0.05, 0) is 48.9 Å². The van der Waals surface area contributed by atoms with Gasteiger partial charge in [0, 0.05) is 4.90 Å². The first-order valence-electron chi connectivity index (χ1n) is 9.15. The average Bonchev–Trinajstić information content (AvgIpc) is 2.99. The Morgan fingerprint density at radius 1 is 0.793 bits per heavy atom. The SMILES string of the molecule is COc1ccc(C2=C(Sc3ccccc3)C(=O)N(c3ccc(C)cc3)C2=O)cc1. The van der Waals surface area contributed by atoms with Gasteiger partial charge < -0.3 is 4.74 Å². The lowest BCUT2D eigenvalue weighted by Gasteiger charge is -2.15. The van der Waals surface area contributed by atoms with Gasteiger partial charge in [-0.25, -0.2) is 4.90 Å². The van der Waals surface area contributed by atoms with Gasteiger partial charge in [0.1, 0.15) is 5.75 Å². The number of hydrogen-bond donors (Lipinski definition) is 0. The molecular formula is C24H19NO3S. The van der Waals surface area contributed by atoms with Crippen LogP contribution >= 0.6 is 11.8 Å². The minimum Gasteiger partial charge on any atom is -0.497 e. The lowest BCUT2D eigenvalue weighted by molar-refractivity contribution is -0.119. The molecular weight excluding hydrogens is 382 g/mol. The van der Waals surface area contributed by atoms with Crippen molar-refractivity contribution in [1.29, 1.82) is 0 Å². The van der Waals surface area contributed by atoms with E-state index in [1.54, 1.807) is 31.4 Å². The number of benzene rings is 3. The predicted molar refractivity (Wildman–Crippen MR) is 116 cm³/mol. The van der Waals surface area contributed by atoms with Crippen LogP contribution in [0.2, 0.25) is 0 Å². The van der Waals surface area contributed by atoms with Crippen LogP contribution in [0, 0.1) is 6.92 Å². The van der Waals surface area contributed by atoms with E-state index in [0.29, 0.717) is 27.5 Å². The van der Waals surface area contributed by atoms with Crippen LogP contribution in [-0.2, 0) is 9.59 Å². The highest BCUT2D eigenvalue weighted by atomic mass is 32.2. The predicted octanol–water partition coefficient (Wildman–Crippen LogP) is 5.08. The topological polar surface area (TPSA) is 46.6 Å². The Kier molecular flexibility index (Phi) is 5.23. The van der Waals surface area contributed by atoms with Gasteiger partial charge in [-0.3, -0.25) is 9.59 Å². The molecule has 4 rings (SSSR count). The van der Waals surface area contributed by atoms with E-state index in [9.17, 15) is 9.59 Å². The number of anilines is 1. The number of rotatable bonds is 5. The summed E-state index contributed by atoms with van der Waals surface area (Å²) in [6.07, 6.45) is 0. The van der Waals surface area contributed by atoms with E-state index in [-0.39, 0.29) is 11.8 Å². The molecule has 0 unspecified atom stereocenters. The van der Waals surface area contributed by atoms with Crippen molar-refractivity contribution in [3.8, 4) is 5.75 Å². The second-order valence-electron chi connectivity index (χ2n) is 6.63. The van der Waals surface area contributed by atoms with Crippen molar-refractivity contribution >= 4 is 34.8 Å². The molecule has 0 N–H and O–H groups in total. The number of carbonyl (C=O) groups excluding carboxylic acids is 2. The standard InChI is InChI=1S/C24H19NO3S/c1-16-8-12-18(13-9-16)25-23(26)21(17-10-14-19(28-2)15-11-17)22(24(25)27)29-20-6-4-3-5-7-20/h3-15H,1-2H3. The van der Waals surface area contributed by atoms with E-state index in [1.165, 1.54) is 16.7 Å². The van der Waals surface area contributed by atoms with E-state index in [2.05, 4.69) is 0 Å². The van der Waals surface area contributed by atoms with Crippen LogP contribution in [0.3, 0.4) is 0 Å². The Hall–Kier alpha value is -3.31. The number of imide groups is 1. The average molecular weight is 401 g/mol. The molecule has 0 fully saturated rings. The summed E-state index contributed by atoms with van der Waals surface area (Å²) in [5.74, 6) is 0.0692. The maximum absolute atomic E-state index is 13.4. The maximum Gasteiger partial charge on any atom is 0.272 e. The van der Waals surface area contributed by atoms with Crippen molar-refractivity contribution in [2.75, 3.05) is 12.0 Å². The molecule has 1 heterocycles. The highest BCUT2D eigenvalue weighted by molar-refractivity contribution is 8.04. The van der Waals surface area contributed by atoms with Crippen LogP contribution < -0.4 is 9.64 Å². The Bertz CT molecular complexity index is 1090. The van der Waals surface area contributed by atoms with Crippen LogP contribution in [0.15, 0.2) is 88.7 Å². The normalized spacial score (nSPS) is 13.9. The van der Waals surface area contributed by atoms with Crippen molar-refractivity contribution in [3.05, 3.63) is 94.9 Å². The summed E-state index contributed by atoms with van der Waals surface area (Å²) in [6, 6.07) is 24.2. The van der Waals surface area contributed by atoms with Crippen molar-refractivity contribution < 1.29 is 14.3 Å². The van der Waals surface area contributed by atoms with E-state index < -0.39 is 0 Å². The molecule has 144 valence electrons. The highest BCUT2D eigenvalue weighted by Crippen LogP contribution is 2.41. The Morgan fingerprint density at radius 2 is 1.45 bits per heavy atom. The molecule has 0 aliphatic carbocycles. The van der Waals surface area contributed by atoms with E-state index in [0.717, 1.165) is 10.5 Å². The zero-order valence-corrected chi connectivity index (χ0v) is 16.9. The third-order valence-electron chi connectivity index (χ3n) is 4.68. The van der Waals surface area contributed by atoms with Crippen LogP contribution in [0.4, 0.5) is 5.69 Å². The van der Waals surface area contributed by atoms with Gasteiger partial charge >= 0.3 is 0 Å². The number of amides is 2. The number of hydrogen-bond acceptors (Lipinski definition) is 4. The molecule has 0 saturated heterocycles. The van der Waals surface area contributed by atoms with Gasteiger partial charge in [-0.2, -0.15) is 0 Å². The molecule has 3 aromatic rings. The van der Waals surface area contributed by atoms with E-state index in [4.69, 9.17) is 4.74 Å². The van der Waals surface area contributed by atoms with Gasteiger partial charge in [0.05, 0.1) is 23.3 Å². The smallest absolute Gasteiger partial charge is 0.272 e. The third kappa shape index (κ3) is 3.69. The first-order chi connectivity index (χ1) is 14.1. The number of carbonyl (C=O) groups is 2. The molecule has 2 amide bonds. The van der Waals surface area contributed by atoms with E-state index >= 15 is 0 Å². The summed E-state index contributed by atoms with van der Waals surface area (Å²) >= 11 is 1.31. The van der Waals surface area contributed by atoms with Crippen molar-refractivity contribution in [3.63, 3.8) is 0 Å². The zero-order valence-electron chi connectivity index (χ0n) is 16.1. The third-order valence-corrected chi connectivity index (χ3v) is 5.77. The zero-order chi connectivity index (χ0) is 20.4. The quantitative estimate of drug-likeness (QED) is 0.560. The van der Waals surface area contributed by atoms with Crippen molar-refractivity contribution in [1.82, 2.24) is 0 Å². The first kappa shape index (κ1) is 19.0. The second kappa shape index (κ2) is 7.97. The fourth-order valence-electron chi connectivity index (χ4n) is 3.15. The molecule has 0 saturated carbocycles. The van der Waals surface area contributed by atoms with Gasteiger partial charge in [0.25, 0.3) is 11.8 Å². The second-order valence-corrected chi connectivity index (χ2v) is 7.71. The summed E-state index contributed by atoms with van der Waals surface area (Å²) < 4.78 is 5.22. The molecule has 1 aliphatic rings. The van der Waals surface area contributed by atoms with Crippen LogP contribution in [0.5, 0.6) is 5.75 Å². The molecule has 3 aromatic carbocycles. The van der Waals surface area contributed by atoms with Crippen LogP contribution in [0.25, 0.3) is 5.57 Å². The van der Waals surface area contributed by atoms with Gasteiger partial charge in [-0.1, -0.05) is 59.8 Å². The molecule has 4 nitrogen and oxygen atoms in total. The van der Waals surface area contributed by atoms with Crippen molar-refractivity contribution in [2.24, 2.45) is 0 Å². The molecule has 0 aromatic heterocycles. The molecule has 0 radical (unpaired) electrons. The largest absolute Gasteiger partial charge is 0.497 e. The van der Waals surface area contributed by atoms with Crippen molar-refractivity contribution in [2.45, 2.75) is 11.8 Å². The molecule has 0 spiro atoms. The summed E-state index contributed by atoms with van der Waals surface area (Å²) in [4.78, 5) is 29.3. The van der Waals surface area contributed by atoms with Crippen LogP contribution in [-0.4, -0.2) is 18.9 Å². The Labute approximate surface area is 173 Å². The Balaban J connectivity index is 1.80. The molecule has 0 atom stereocenters. The number of thioether (sulfide) groups is 1. The highest BCUT2D eigenvalue weighted by Gasteiger charge is 2.40. The first-order valence-corrected chi connectivity index (χ1v) is 9.97. The van der Waals surface area contributed by atoms with Gasteiger partial charge in [0.15, 0.2) is 0 Å². The summed E-state index contributed by atoms with van der Waals surface area (Å²) in [5.41, 5.74) is 2.74. The monoisotopic (exact) mass is 401 g/mol. The maximum atomic E-state index is 13.4. The minimum absolute atomic E-state index is 0.307. The summed E-state index contributed by atoms with van der Waals surface area (Å²) in [7, 11) is 1.59. The number of aryl methyl sites for hydroxylation is 1. The summed E-state index contributed by atoms with van der Waals surface area (Å²) in [5, 5.41) is 0. The van der Waals surface area contributed by atoms with Gasteiger partial charge in [0.2, 0.25) is 0 Å². The molecule has 5 heteroatoms. The molecule has 0 bridgehead atoms. The van der Waals surface area contributed by atoms with E-state index in [1.807, 2.05) is 61.5 Å². The lowest BCUT2D eigenvalue weighted by Crippen LogP contribution is -2.31. The number of ether oxygens (including phenoxy) is 1. The van der Waals surface area contributed by atoms with Gasteiger partial charge in [-0.15, -0.1) is 0 Å². The molecule has 1 aliphatic heterocycles. The molecule has 29 heavy (non-hydrogen) atoms. The summed E-state index contributed by atoms with van der Waals surface area (Å²) in [6.45, 7) is 1.97. The lowest BCUT2D eigenvalue weighted by atomic mass is 10.1. The fraction of sp³-hybridized carbons (Fsp3) is 0.0833. The van der Waals surface area contributed by atoms with Crippen LogP contribution in [0.1, 0.15) is 11.1 Å².